The van der Waals surface area contributed by atoms with Crippen molar-refractivity contribution in [2.75, 3.05) is 20.0 Å². The van der Waals surface area contributed by atoms with Gasteiger partial charge in [0.1, 0.15) is 11.5 Å². The number of nitrogens with one attached hydrogen (secondary N) is 1. The molecule has 2 heterocycles. The van der Waals surface area contributed by atoms with E-state index in [-0.39, 0.29) is 23.2 Å². The molecule has 1 amide bonds. The Hall–Kier alpha value is -3.96. The number of amides is 1. The molecule has 0 atom stereocenters. The van der Waals surface area contributed by atoms with E-state index in [2.05, 4.69) is 35.8 Å². The Morgan fingerprint density at radius 3 is 2.72 bits per heavy atom. The predicted molar refractivity (Wildman–Crippen MR) is 102 cm³/mol. The summed E-state index contributed by atoms with van der Waals surface area (Å²) in [6, 6.07) is 5.22. The molecule has 0 aliphatic heterocycles. The van der Waals surface area contributed by atoms with Crippen molar-refractivity contribution in [2.24, 2.45) is 5.10 Å². The largest absolute Gasteiger partial charge is 0.497 e. The molecule has 3 N–H and O–H groups in total. The van der Waals surface area contributed by atoms with Crippen molar-refractivity contribution >= 4 is 17.9 Å². The number of nitrogens with two attached hydrogens (primary N) is 1. The number of anilines is 1. The number of ether oxygens (including phenoxy) is 2. The topological polar surface area (TPSA) is 156 Å². The number of hydrogen-bond acceptors (Lipinski definition) is 10. The van der Waals surface area contributed by atoms with Crippen molar-refractivity contribution in [3.05, 3.63) is 35.2 Å². The van der Waals surface area contributed by atoms with Gasteiger partial charge in [-0.1, -0.05) is 19.1 Å². The summed E-state index contributed by atoms with van der Waals surface area (Å²) < 4.78 is 16.4. The maximum atomic E-state index is 12.6. The van der Waals surface area contributed by atoms with Crippen LogP contribution in [-0.4, -0.2) is 51.6 Å². The second-order valence-electron chi connectivity index (χ2n) is 6.17. The van der Waals surface area contributed by atoms with Gasteiger partial charge in [0.15, 0.2) is 5.69 Å². The monoisotopic (exact) mass is 400 g/mol. The highest BCUT2D eigenvalue weighted by atomic mass is 16.6. The van der Waals surface area contributed by atoms with Gasteiger partial charge in [-0.2, -0.15) is 9.78 Å². The number of nitrogens with zero attached hydrogens (tertiary/aromatic N) is 6. The van der Waals surface area contributed by atoms with Crippen LogP contribution in [0.15, 0.2) is 27.9 Å². The Balaban J connectivity index is 1.84. The summed E-state index contributed by atoms with van der Waals surface area (Å²) in [7, 11) is 3.09. The fraction of sp³-hybridized carbons (Fsp3) is 0.294. The van der Waals surface area contributed by atoms with Gasteiger partial charge in [0.2, 0.25) is 11.6 Å². The van der Waals surface area contributed by atoms with Crippen molar-refractivity contribution in [3.8, 4) is 17.3 Å². The van der Waals surface area contributed by atoms with E-state index < -0.39 is 5.91 Å². The highest BCUT2D eigenvalue weighted by molar-refractivity contribution is 5.94. The molecule has 3 rings (SSSR count). The van der Waals surface area contributed by atoms with E-state index >= 15 is 0 Å². The number of nitrogen functional groups attached to an aromatic ring is 1. The summed E-state index contributed by atoms with van der Waals surface area (Å²) in [6.45, 7) is 3.75. The smallest absolute Gasteiger partial charge is 0.293 e. The molecule has 29 heavy (non-hydrogen) atoms. The van der Waals surface area contributed by atoms with Crippen LogP contribution in [-0.2, 0) is 0 Å². The first-order chi connectivity index (χ1) is 14.0. The standard InChI is InChI=1S/C17H20N8O4/c1-9(2)14-13(20-24-25(14)16-15(18)22-29-23-16)17(26)21-19-8-10-7-11(27-3)5-6-12(10)28-4/h5-9H,1-4H3,(H2,18,22)(H,21,26)/b19-8-. The van der Waals surface area contributed by atoms with Crippen LogP contribution in [0.3, 0.4) is 0 Å². The Kier molecular flexibility index (Phi) is 5.71. The van der Waals surface area contributed by atoms with Gasteiger partial charge in [-0.3, -0.25) is 4.79 Å². The zero-order chi connectivity index (χ0) is 21.0. The van der Waals surface area contributed by atoms with Crippen LogP contribution in [0.4, 0.5) is 5.82 Å². The number of hydrazone groups is 1. The minimum atomic E-state index is -0.548. The van der Waals surface area contributed by atoms with Crippen LogP contribution < -0.4 is 20.6 Å². The number of hydrogen-bond donors (Lipinski definition) is 2. The molecular formula is C17H20N8O4. The van der Waals surface area contributed by atoms with E-state index in [0.29, 0.717) is 22.8 Å². The van der Waals surface area contributed by atoms with Crippen LogP contribution in [0.2, 0.25) is 0 Å². The average Bonchev–Trinajstić information content (AvgIpc) is 3.33. The number of carbonyl (C=O) groups excluding carboxylic acids is 1. The van der Waals surface area contributed by atoms with Gasteiger partial charge in [-0.25, -0.2) is 10.1 Å². The molecule has 3 aromatic rings. The van der Waals surface area contributed by atoms with E-state index in [9.17, 15) is 4.79 Å². The SMILES string of the molecule is COc1ccc(OC)c(/C=N\NC(=O)c2nnn(-c3nonc3N)c2C(C)C)c1. The lowest BCUT2D eigenvalue weighted by atomic mass is 10.1. The summed E-state index contributed by atoms with van der Waals surface area (Å²) in [5.41, 5.74) is 9.34. The van der Waals surface area contributed by atoms with Crippen LogP contribution in [0.25, 0.3) is 5.82 Å². The zero-order valence-corrected chi connectivity index (χ0v) is 16.3. The number of benzene rings is 1. The summed E-state index contributed by atoms with van der Waals surface area (Å²) in [4.78, 5) is 12.6. The Labute approximate surface area is 165 Å². The fourth-order valence-corrected chi connectivity index (χ4v) is 2.62. The molecule has 0 aliphatic carbocycles. The normalized spacial score (nSPS) is 11.2. The van der Waals surface area contributed by atoms with Crippen LogP contribution in [0.1, 0.15) is 41.5 Å². The van der Waals surface area contributed by atoms with Crippen LogP contribution in [0, 0.1) is 0 Å². The Morgan fingerprint density at radius 2 is 2.10 bits per heavy atom. The zero-order valence-electron chi connectivity index (χ0n) is 16.3. The maximum absolute atomic E-state index is 12.6. The van der Waals surface area contributed by atoms with Crippen LogP contribution in [0.5, 0.6) is 11.5 Å². The maximum Gasteiger partial charge on any atom is 0.293 e. The minimum absolute atomic E-state index is 0.0342. The lowest BCUT2D eigenvalue weighted by Crippen LogP contribution is -2.21. The number of methoxy groups -OCH3 is 2. The molecule has 0 radical (unpaired) electrons. The molecule has 152 valence electrons. The summed E-state index contributed by atoms with van der Waals surface area (Å²) in [5.74, 6) is 0.725. The number of carbonyl (C=O) groups is 1. The third kappa shape index (κ3) is 4.00. The molecule has 0 saturated carbocycles. The van der Waals surface area contributed by atoms with Gasteiger partial charge < -0.3 is 15.2 Å². The second-order valence-corrected chi connectivity index (χ2v) is 6.17. The van der Waals surface area contributed by atoms with Gasteiger partial charge in [0.05, 0.1) is 26.1 Å². The minimum Gasteiger partial charge on any atom is -0.497 e. The first-order valence-corrected chi connectivity index (χ1v) is 8.55. The van der Waals surface area contributed by atoms with E-state index in [1.807, 2.05) is 13.8 Å². The van der Waals surface area contributed by atoms with E-state index in [0.717, 1.165) is 0 Å². The summed E-state index contributed by atoms with van der Waals surface area (Å²) in [5, 5.41) is 19.1. The molecule has 1 aromatic carbocycles. The third-order valence-corrected chi connectivity index (χ3v) is 3.97. The second kappa shape index (κ2) is 8.37. The van der Waals surface area contributed by atoms with Crippen molar-refractivity contribution in [2.45, 2.75) is 19.8 Å². The summed E-state index contributed by atoms with van der Waals surface area (Å²) >= 11 is 0. The van der Waals surface area contributed by atoms with E-state index in [4.69, 9.17) is 15.2 Å². The van der Waals surface area contributed by atoms with Gasteiger partial charge in [-0.15, -0.1) is 5.10 Å². The molecule has 0 unspecified atom stereocenters. The Morgan fingerprint density at radius 1 is 1.31 bits per heavy atom. The van der Waals surface area contributed by atoms with Crippen molar-refractivity contribution in [3.63, 3.8) is 0 Å². The lowest BCUT2D eigenvalue weighted by molar-refractivity contribution is 0.0948. The fourth-order valence-electron chi connectivity index (χ4n) is 2.62. The summed E-state index contributed by atoms with van der Waals surface area (Å²) in [6.07, 6.45) is 1.44. The van der Waals surface area contributed by atoms with Crippen molar-refractivity contribution in [1.82, 2.24) is 30.7 Å². The Bertz CT molecular complexity index is 1040. The van der Waals surface area contributed by atoms with Crippen molar-refractivity contribution < 1.29 is 18.9 Å². The van der Waals surface area contributed by atoms with E-state index in [1.165, 1.54) is 18.0 Å². The van der Waals surface area contributed by atoms with Gasteiger partial charge in [0, 0.05) is 5.56 Å². The van der Waals surface area contributed by atoms with Gasteiger partial charge >= 0.3 is 0 Å². The molecular weight excluding hydrogens is 380 g/mol. The lowest BCUT2D eigenvalue weighted by Gasteiger charge is -2.08. The molecule has 0 bridgehead atoms. The molecule has 2 aromatic heterocycles. The highest BCUT2D eigenvalue weighted by Gasteiger charge is 2.25. The molecule has 0 fully saturated rings. The van der Waals surface area contributed by atoms with Crippen molar-refractivity contribution in [1.29, 1.82) is 0 Å². The molecule has 0 spiro atoms. The quantitative estimate of drug-likeness (QED) is 0.438. The molecule has 0 aliphatic rings. The number of aromatic nitrogens is 5. The molecule has 12 heteroatoms. The predicted octanol–water partition coefficient (Wildman–Crippen LogP) is 1.14. The highest BCUT2D eigenvalue weighted by Crippen LogP contribution is 2.23. The first-order valence-electron chi connectivity index (χ1n) is 8.55. The number of rotatable bonds is 7. The van der Waals surface area contributed by atoms with Gasteiger partial charge in [0.25, 0.3) is 5.91 Å². The van der Waals surface area contributed by atoms with Gasteiger partial charge in [-0.05, 0) is 34.4 Å². The molecule has 0 saturated heterocycles. The first kappa shape index (κ1) is 19.8. The van der Waals surface area contributed by atoms with E-state index in [1.54, 1.807) is 25.3 Å². The third-order valence-electron chi connectivity index (χ3n) is 3.97. The molecule has 12 nitrogen and oxygen atoms in total. The van der Waals surface area contributed by atoms with Crippen LogP contribution >= 0.6 is 0 Å². The average molecular weight is 400 g/mol.